The number of Topliss-reactive ketones (excluding diaryl/α,β-unsaturated/α-hetero) is 1. The molecule has 0 N–H and O–H groups in total. The molecule has 1 aromatic heterocycles. The van der Waals surface area contributed by atoms with E-state index in [1.165, 1.54) is 25.7 Å². The van der Waals surface area contributed by atoms with E-state index in [2.05, 4.69) is 18.8 Å². The van der Waals surface area contributed by atoms with Crippen LogP contribution in [0.25, 0.3) is 0 Å². The Labute approximate surface area is 122 Å². The second kappa shape index (κ2) is 10.4. The zero-order valence-corrected chi connectivity index (χ0v) is 12.9. The first-order valence-electron chi connectivity index (χ1n) is 7.89. The van der Waals surface area contributed by atoms with Crippen LogP contribution in [0.15, 0.2) is 18.5 Å². The summed E-state index contributed by atoms with van der Waals surface area (Å²) >= 11 is 0. The van der Waals surface area contributed by atoms with E-state index in [4.69, 9.17) is 4.74 Å². The fourth-order valence-corrected chi connectivity index (χ4v) is 2.08. The van der Waals surface area contributed by atoms with Crippen LogP contribution in [0.2, 0.25) is 0 Å². The predicted octanol–water partition coefficient (Wildman–Crippen LogP) is 4.80. The number of aromatic nitrogens is 1. The minimum atomic E-state index is 0.176. The molecule has 3 heteroatoms. The van der Waals surface area contributed by atoms with Crippen LogP contribution in [0.3, 0.4) is 0 Å². The van der Waals surface area contributed by atoms with Crippen molar-refractivity contribution in [2.45, 2.75) is 65.2 Å². The van der Waals surface area contributed by atoms with E-state index in [0.29, 0.717) is 24.3 Å². The van der Waals surface area contributed by atoms with Gasteiger partial charge in [0.15, 0.2) is 5.78 Å². The number of ether oxygens (including phenoxy) is 1. The molecule has 0 spiro atoms. The Kier molecular flexibility index (Phi) is 8.68. The molecule has 0 amide bonds. The molecular weight excluding hydrogens is 250 g/mol. The summed E-state index contributed by atoms with van der Waals surface area (Å²) in [6, 6.07) is 1.81. The first kappa shape index (κ1) is 16.7. The number of carbonyl (C=O) groups is 1. The van der Waals surface area contributed by atoms with E-state index >= 15 is 0 Å². The molecule has 0 saturated carbocycles. The highest BCUT2D eigenvalue weighted by molar-refractivity contribution is 5.96. The molecule has 1 rings (SSSR count). The van der Waals surface area contributed by atoms with Crippen molar-refractivity contribution < 1.29 is 9.53 Å². The number of unbranched alkanes of at least 4 members (excludes halogenated alkanes) is 5. The minimum Gasteiger partial charge on any atom is -0.492 e. The van der Waals surface area contributed by atoms with Gasteiger partial charge in [0.25, 0.3) is 0 Å². The fourth-order valence-electron chi connectivity index (χ4n) is 2.08. The number of ketones is 1. The zero-order chi connectivity index (χ0) is 14.6. The van der Waals surface area contributed by atoms with Gasteiger partial charge in [-0.2, -0.15) is 0 Å². The molecule has 0 unspecified atom stereocenters. The average molecular weight is 277 g/mol. The number of pyridine rings is 1. The van der Waals surface area contributed by atoms with E-state index in [0.717, 1.165) is 19.3 Å². The molecule has 0 aliphatic heterocycles. The summed E-state index contributed by atoms with van der Waals surface area (Å²) in [5, 5.41) is 0. The molecule has 0 aliphatic carbocycles. The highest BCUT2D eigenvalue weighted by Gasteiger charge is 2.07. The van der Waals surface area contributed by atoms with Crippen molar-refractivity contribution in [2.75, 3.05) is 6.61 Å². The van der Waals surface area contributed by atoms with Gasteiger partial charge in [0.2, 0.25) is 0 Å². The maximum absolute atomic E-state index is 12.1. The van der Waals surface area contributed by atoms with Gasteiger partial charge < -0.3 is 4.74 Å². The third-order valence-corrected chi connectivity index (χ3v) is 3.27. The monoisotopic (exact) mass is 277 g/mol. The number of hydrogen-bond acceptors (Lipinski definition) is 3. The molecular formula is C17H27NO2. The lowest BCUT2D eigenvalue weighted by Crippen LogP contribution is -2.02. The molecule has 0 radical (unpaired) electrons. The number of carbonyl (C=O) groups excluding carboxylic acids is 1. The summed E-state index contributed by atoms with van der Waals surface area (Å²) in [6.45, 7) is 4.93. The summed E-state index contributed by atoms with van der Waals surface area (Å²) in [5.41, 5.74) is 0.673. The van der Waals surface area contributed by atoms with Crippen molar-refractivity contribution in [1.82, 2.24) is 4.98 Å². The van der Waals surface area contributed by atoms with Crippen molar-refractivity contribution in [3.05, 3.63) is 24.0 Å². The Balaban J connectivity index is 2.31. The molecule has 1 heterocycles. The third-order valence-electron chi connectivity index (χ3n) is 3.27. The van der Waals surface area contributed by atoms with E-state index in [1.807, 2.05) is 6.07 Å². The van der Waals surface area contributed by atoms with E-state index in [-0.39, 0.29) is 5.78 Å². The number of hydrogen-bond donors (Lipinski definition) is 0. The van der Waals surface area contributed by atoms with Gasteiger partial charge in [-0.1, -0.05) is 46.0 Å². The normalized spacial score (nSPS) is 10.5. The average Bonchev–Trinajstić information content (AvgIpc) is 2.48. The second-order valence-corrected chi connectivity index (χ2v) is 5.20. The van der Waals surface area contributed by atoms with Crippen molar-refractivity contribution in [2.24, 2.45) is 0 Å². The van der Waals surface area contributed by atoms with Crippen LogP contribution >= 0.6 is 0 Å². The largest absolute Gasteiger partial charge is 0.492 e. The molecule has 0 aromatic carbocycles. The molecule has 1 aromatic rings. The molecule has 0 fully saturated rings. The Bertz CT molecular complexity index is 390. The van der Waals surface area contributed by atoms with Gasteiger partial charge in [0, 0.05) is 18.2 Å². The van der Waals surface area contributed by atoms with Crippen LogP contribution < -0.4 is 4.74 Å². The fraction of sp³-hybridized carbons (Fsp3) is 0.647. The van der Waals surface area contributed by atoms with E-state index in [1.54, 1.807) is 12.4 Å². The van der Waals surface area contributed by atoms with Crippen molar-refractivity contribution in [1.29, 1.82) is 0 Å². The molecule has 0 bridgehead atoms. The van der Waals surface area contributed by atoms with Gasteiger partial charge in [-0.15, -0.1) is 0 Å². The van der Waals surface area contributed by atoms with Gasteiger partial charge in [-0.3, -0.25) is 9.78 Å². The summed E-state index contributed by atoms with van der Waals surface area (Å²) in [4.78, 5) is 16.1. The minimum absolute atomic E-state index is 0.176. The lowest BCUT2D eigenvalue weighted by Gasteiger charge is -2.06. The Morgan fingerprint density at radius 2 is 1.80 bits per heavy atom. The Morgan fingerprint density at radius 1 is 1.05 bits per heavy atom. The summed E-state index contributed by atoms with van der Waals surface area (Å²) < 4.78 is 5.50. The number of nitrogens with zero attached hydrogens (tertiary/aromatic N) is 1. The third kappa shape index (κ3) is 6.69. The Hall–Kier alpha value is -1.38. The van der Waals surface area contributed by atoms with Crippen molar-refractivity contribution in [3.8, 4) is 5.75 Å². The highest BCUT2D eigenvalue weighted by Crippen LogP contribution is 2.15. The molecule has 112 valence electrons. The van der Waals surface area contributed by atoms with Crippen LogP contribution in [-0.4, -0.2) is 17.4 Å². The summed E-state index contributed by atoms with van der Waals surface area (Å²) in [7, 11) is 0. The van der Waals surface area contributed by atoms with Crippen molar-refractivity contribution >= 4 is 5.78 Å². The van der Waals surface area contributed by atoms with Crippen LogP contribution in [0.5, 0.6) is 5.75 Å². The second-order valence-electron chi connectivity index (χ2n) is 5.20. The highest BCUT2D eigenvalue weighted by atomic mass is 16.5. The summed E-state index contributed by atoms with van der Waals surface area (Å²) in [6.07, 6.45) is 12.1. The van der Waals surface area contributed by atoms with Gasteiger partial charge >= 0.3 is 0 Å². The molecule has 0 atom stereocenters. The van der Waals surface area contributed by atoms with E-state index < -0.39 is 0 Å². The summed E-state index contributed by atoms with van der Waals surface area (Å²) in [5.74, 6) is 0.871. The smallest absolute Gasteiger partial charge is 0.164 e. The van der Waals surface area contributed by atoms with Crippen molar-refractivity contribution in [3.63, 3.8) is 0 Å². The maximum Gasteiger partial charge on any atom is 0.164 e. The maximum atomic E-state index is 12.1. The zero-order valence-electron chi connectivity index (χ0n) is 12.9. The Morgan fingerprint density at radius 3 is 2.55 bits per heavy atom. The molecule has 0 saturated heterocycles. The van der Waals surface area contributed by atoms with Crippen LogP contribution in [-0.2, 0) is 0 Å². The quantitative estimate of drug-likeness (QED) is 0.430. The topological polar surface area (TPSA) is 39.2 Å². The predicted molar refractivity (Wildman–Crippen MR) is 82.3 cm³/mol. The van der Waals surface area contributed by atoms with E-state index in [9.17, 15) is 4.79 Å². The lowest BCUT2D eigenvalue weighted by molar-refractivity contribution is 0.0978. The standard InChI is InChI=1S/C17H27NO2/c1-3-5-6-7-8-9-10-17(19)15-12-16(14-18-13-15)20-11-4-2/h12-14H,3-11H2,1-2H3. The molecule has 0 aliphatic rings. The van der Waals surface area contributed by atoms with Crippen LogP contribution in [0.4, 0.5) is 0 Å². The first-order valence-corrected chi connectivity index (χ1v) is 7.89. The van der Waals surface area contributed by atoms with Crippen LogP contribution in [0, 0.1) is 0 Å². The van der Waals surface area contributed by atoms with Gasteiger partial charge in [-0.25, -0.2) is 0 Å². The molecule has 3 nitrogen and oxygen atoms in total. The lowest BCUT2D eigenvalue weighted by atomic mass is 10.0. The SMILES string of the molecule is CCCCCCCCC(=O)c1cncc(OCCC)c1. The van der Waals surface area contributed by atoms with Crippen LogP contribution in [0.1, 0.15) is 75.6 Å². The number of rotatable bonds is 11. The molecule has 20 heavy (non-hydrogen) atoms. The first-order chi connectivity index (χ1) is 9.77. The van der Waals surface area contributed by atoms with Gasteiger partial charge in [0.1, 0.15) is 5.75 Å². The van der Waals surface area contributed by atoms with Gasteiger partial charge in [-0.05, 0) is 18.9 Å². The van der Waals surface area contributed by atoms with Gasteiger partial charge in [0.05, 0.1) is 12.8 Å².